The number of para-hydroxylation sites is 1. The molecule has 5 nitrogen and oxygen atoms in total. The molecule has 2 rings (SSSR count). The van der Waals surface area contributed by atoms with Crippen molar-refractivity contribution in [2.45, 2.75) is 32.9 Å². The largest absolute Gasteiger partial charge is 0.355 e. The van der Waals surface area contributed by atoms with Crippen molar-refractivity contribution in [3.8, 4) is 0 Å². The summed E-state index contributed by atoms with van der Waals surface area (Å²) >= 11 is 0. The van der Waals surface area contributed by atoms with E-state index in [9.17, 15) is 9.59 Å². The number of aromatic amines is 1. The first-order valence-corrected chi connectivity index (χ1v) is 7.24. The summed E-state index contributed by atoms with van der Waals surface area (Å²) in [7, 11) is 0. The van der Waals surface area contributed by atoms with E-state index >= 15 is 0 Å². The second-order valence-corrected chi connectivity index (χ2v) is 5.10. The number of rotatable bonds is 6. The number of nitrogens with one attached hydrogen (secondary N) is 3. The van der Waals surface area contributed by atoms with Crippen LogP contribution in [0.4, 0.5) is 0 Å². The van der Waals surface area contributed by atoms with Crippen LogP contribution in [0.15, 0.2) is 35.1 Å². The first-order chi connectivity index (χ1) is 10.1. The lowest BCUT2D eigenvalue weighted by Gasteiger charge is -2.13. The Morgan fingerprint density at radius 1 is 1.33 bits per heavy atom. The minimum atomic E-state index is -0.331. The van der Waals surface area contributed by atoms with Crippen LogP contribution in [0.25, 0.3) is 10.9 Å². The summed E-state index contributed by atoms with van der Waals surface area (Å²) in [5.41, 5.74) is 1.33. The van der Waals surface area contributed by atoms with Gasteiger partial charge in [0.2, 0.25) is 5.91 Å². The van der Waals surface area contributed by atoms with Crippen LogP contribution in [-0.4, -0.2) is 23.5 Å². The molecule has 5 heteroatoms. The molecule has 0 saturated carbocycles. The minimum absolute atomic E-state index is 0.0472. The van der Waals surface area contributed by atoms with Crippen LogP contribution in [0.1, 0.15) is 25.8 Å². The molecule has 2 aromatic rings. The summed E-state index contributed by atoms with van der Waals surface area (Å²) in [6, 6.07) is 9.16. The maximum Gasteiger partial charge on any atom is 0.252 e. The average molecular weight is 287 g/mol. The van der Waals surface area contributed by atoms with Crippen LogP contribution in [0.2, 0.25) is 0 Å². The molecule has 0 fully saturated rings. The summed E-state index contributed by atoms with van der Waals surface area (Å²) < 4.78 is 0. The maximum absolute atomic E-state index is 12.0. The fraction of sp³-hybridized carbons (Fsp3) is 0.375. The molecule has 1 aromatic carbocycles. The quantitative estimate of drug-likeness (QED) is 0.754. The number of amides is 1. The van der Waals surface area contributed by atoms with Crippen LogP contribution in [0.5, 0.6) is 0 Å². The van der Waals surface area contributed by atoms with Crippen molar-refractivity contribution >= 4 is 16.8 Å². The maximum atomic E-state index is 12.0. The molecule has 1 aromatic heterocycles. The van der Waals surface area contributed by atoms with E-state index < -0.39 is 0 Å². The smallest absolute Gasteiger partial charge is 0.252 e. The predicted molar refractivity (Wildman–Crippen MR) is 84.2 cm³/mol. The normalized spacial score (nSPS) is 12.3. The van der Waals surface area contributed by atoms with Gasteiger partial charge in [0.05, 0.1) is 6.04 Å². The number of carbonyl (C=O) groups is 1. The first kappa shape index (κ1) is 15.3. The molecule has 3 N–H and O–H groups in total. The SMILES string of the molecule is CCCNC(=O)C(C)NCc1cc2ccccc2[nH]c1=O. The lowest BCUT2D eigenvalue weighted by molar-refractivity contribution is -0.122. The van der Waals surface area contributed by atoms with Crippen molar-refractivity contribution in [2.24, 2.45) is 0 Å². The van der Waals surface area contributed by atoms with Gasteiger partial charge in [0, 0.05) is 24.2 Å². The highest BCUT2D eigenvalue weighted by Gasteiger charge is 2.12. The van der Waals surface area contributed by atoms with E-state index in [0.29, 0.717) is 18.7 Å². The highest BCUT2D eigenvalue weighted by molar-refractivity contribution is 5.81. The Labute approximate surface area is 123 Å². The van der Waals surface area contributed by atoms with Crippen molar-refractivity contribution in [1.29, 1.82) is 0 Å². The topological polar surface area (TPSA) is 74.0 Å². The molecule has 0 bridgehead atoms. The lowest BCUT2D eigenvalue weighted by atomic mass is 10.1. The van der Waals surface area contributed by atoms with Crippen molar-refractivity contribution in [3.05, 3.63) is 46.2 Å². The van der Waals surface area contributed by atoms with Gasteiger partial charge in [-0.3, -0.25) is 9.59 Å². The molecule has 21 heavy (non-hydrogen) atoms. The van der Waals surface area contributed by atoms with Gasteiger partial charge in [0.15, 0.2) is 0 Å². The van der Waals surface area contributed by atoms with Gasteiger partial charge in [0.1, 0.15) is 0 Å². The lowest BCUT2D eigenvalue weighted by Crippen LogP contribution is -2.42. The van der Waals surface area contributed by atoms with Gasteiger partial charge in [-0.1, -0.05) is 25.1 Å². The first-order valence-electron chi connectivity index (χ1n) is 7.24. The second-order valence-electron chi connectivity index (χ2n) is 5.10. The molecule has 112 valence electrons. The van der Waals surface area contributed by atoms with E-state index in [4.69, 9.17) is 0 Å². The van der Waals surface area contributed by atoms with Crippen LogP contribution in [-0.2, 0) is 11.3 Å². The van der Waals surface area contributed by atoms with Crippen molar-refractivity contribution in [2.75, 3.05) is 6.54 Å². The van der Waals surface area contributed by atoms with E-state index in [2.05, 4.69) is 15.6 Å². The number of pyridine rings is 1. The Hall–Kier alpha value is -2.14. The summed E-state index contributed by atoms with van der Waals surface area (Å²) in [6.07, 6.45) is 0.906. The van der Waals surface area contributed by atoms with E-state index in [0.717, 1.165) is 17.3 Å². The Balaban J connectivity index is 2.04. The summed E-state index contributed by atoms with van der Waals surface area (Å²) in [6.45, 7) is 4.83. The monoisotopic (exact) mass is 287 g/mol. The number of H-pyrrole nitrogens is 1. The third-order valence-corrected chi connectivity index (χ3v) is 3.37. The Morgan fingerprint density at radius 2 is 2.10 bits per heavy atom. The number of benzene rings is 1. The fourth-order valence-electron chi connectivity index (χ4n) is 2.08. The van der Waals surface area contributed by atoms with E-state index in [1.165, 1.54) is 0 Å². The molecule has 0 spiro atoms. The third-order valence-electron chi connectivity index (χ3n) is 3.37. The number of hydrogen-bond donors (Lipinski definition) is 3. The third kappa shape index (κ3) is 3.92. The Bertz CT molecular complexity index is 679. The van der Waals surface area contributed by atoms with E-state index in [-0.39, 0.29) is 17.5 Å². The van der Waals surface area contributed by atoms with E-state index in [1.54, 1.807) is 6.92 Å². The van der Waals surface area contributed by atoms with E-state index in [1.807, 2.05) is 37.3 Å². The van der Waals surface area contributed by atoms with Crippen molar-refractivity contribution in [1.82, 2.24) is 15.6 Å². The van der Waals surface area contributed by atoms with Crippen LogP contribution < -0.4 is 16.2 Å². The summed E-state index contributed by atoms with van der Waals surface area (Å²) in [5, 5.41) is 6.89. The van der Waals surface area contributed by atoms with Gasteiger partial charge >= 0.3 is 0 Å². The molecule has 0 saturated heterocycles. The number of carbonyl (C=O) groups excluding carboxylic acids is 1. The summed E-state index contributed by atoms with van der Waals surface area (Å²) in [5.74, 6) is -0.0472. The highest BCUT2D eigenvalue weighted by Crippen LogP contribution is 2.09. The van der Waals surface area contributed by atoms with Crippen molar-refractivity contribution < 1.29 is 4.79 Å². The standard InChI is InChI=1S/C16H21N3O2/c1-3-8-17-15(20)11(2)18-10-13-9-12-6-4-5-7-14(12)19-16(13)21/h4-7,9,11,18H,3,8,10H2,1-2H3,(H,17,20)(H,19,21). The molecule has 1 atom stereocenters. The minimum Gasteiger partial charge on any atom is -0.355 e. The Kier molecular flexibility index (Phi) is 5.11. The molecule has 0 aliphatic heterocycles. The van der Waals surface area contributed by atoms with Crippen LogP contribution >= 0.6 is 0 Å². The van der Waals surface area contributed by atoms with Gasteiger partial charge in [-0.25, -0.2) is 0 Å². The van der Waals surface area contributed by atoms with Gasteiger partial charge in [0.25, 0.3) is 5.56 Å². The Morgan fingerprint density at radius 3 is 2.86 bits per heavy atom. The zero-order valence-corrected chi connectivity index (χ0v) is 12.4. The zero-order valence-electron chi connectivity index (χ0n) is 12.4. The van der Waals surface area contributed by atoms with Crippen LogP contribution in [0.3, 0.4) is 0 Å². The van der Waals surface area contributed by atoms with Crippen LogP contribution in [0, 0.1) is 0 Å². The molecule has 0 aliphatic carbocycles. The molecule has 0 aliphatic rings. The van der Waals surface area contributed by atoms with Gasteiger partial charge in [-0.2, -0.15) is 0 Å². The molecule has 1 heterocycles. The zero-order chi connectivity index (χ0) is 15.2. The predicted octanol–water partition coefficient (Wildman–Crippen LogP) is 1.53. The molecular weight excluding hydrogens is 266 g/mol. The van der Waals surface area contributed by atoms with Gasteiger partial charge < -0.3 is 15.6 Å². The highest BCUT2D eigenvalue weighted by atomic mass is 16.2. The fourth-order valence-corrected chi connectivity index (χ4v) is 2.08. The average Bonchev–Trinajstić information content (AvgIpc) is 2.50. The summed E-state index contributed by atoms with van der Waals surface area (Å²) in [4.78, 5) is 26.6. The number of aromatic nitrogens is 1. The van der Waals surface area contributed by atoms with Gasteiger partial charge in [-0.15, -0.1) is 0 Å². The number of fused-ring (bicyclic) bond motifs is 1. The second kappa shape index (κ2) is 7.04. The molecule has 0 radical (unpaired) electrons. The van der Waals surface area contributed by atoms with Gasteiger partial charge in [-0.05, 0) is 30.9 Å². The molecule has 1 unspecified atom stereocenters. The molecule has 1 amide bonds. The number of hydrogen-bond acceptors (Lipinski definition) is 3. The molecular formula is C16H21N3O2. The van der Waals surface area contributed by atoms with Crippen molar-refractivity contribution in [3.63, 3.8) is 0 Å².